The number of carbonyl (C=O) groups is 6. The van der Waals surface area contributed by atoms with E-state index in [1.807, 2.05) is 65.7 Å². The molecule has 58 heavy (non-hydrogen) atoms. The van der Waals surface area contributed by atoms with Gasteiger partial charge >= 0.3 is 23.9 Å². The van der Waals surface area contributed by atoms with Crippen molar-refractivity contribution < 1.29 is 47.7 Å². The highest BCUT2D eigenvalue weighted by Gasteiger charge is 2.44. The highest BCUT2D eigenvalue weighted by atomic mass is 79.9. The zero-order valence-electron chi connectivity index (χ0n) is 38.1. The molecule has 4 unspecified atom stereocenters. The van der Waals surface area contributed by atoms with E-state index in [9.17, 15) is 28.8 Å². The molecule has 17 nitrogen and oxygen atoms in total. The molecule has 336 valence electrons. The van der Waals surface area contributed by atoms with Crippen LogP contribution in [-0.4, -0.2) is 135 Å². The second-order valence-corrected chi connectivity index (χ2v) is 19.0. The number of esters is 4. The lowest BCUT2D eigenvalue weighted by Crippen LogP contribution is -2.45. The molecule has 0 aliphatic heterocycles. The first-order chi connectivity index (χ1) is 26.5. The number of carbonyl (C=O) groups excluding carboxylic acids is 6. The molecular weight excluding hydrogens is 818 g/mol. The Kier molecular flexibility index (Phi) is 26.0. The van der Waals surface area contributed by atoms with E-state index >= 15 is 0 Å². The summed E-state index contributed by atoms with van der Waals surface area (Å²) in [5.74, 6) is -3.80. The summed E-state index contributed by atoms with van der Waals surface area (Å²) in [6, 6.07) is -0.183. The Balaban J connectivity index is 0. The van der Waals surface area contributed by atoms with Gasteiger partial charge in [0.15, 0.2) is 0 Å². The van der Waals surface area contributed by atoms with E-state index in [2.05, 4.69) is 36.6 Å². The van der Waals surface area contributed by atoms with Crippen LogP contribution in [0.2, 0.25) is 0 Å². The standard InChI is InChI=1S/C20H37BrN2O5.C20H37N5O5/c1-9-27-17(25)19(4,5)12-15(16(24)22-14(2)3)13-20(6,21)18(26)28-11-10-23(7)8;1-9-29-17(27)19(4,5)12-15(16(26)22-14(2)3)13-20(6,23-24-21)18(28)30-11-10-25(7)8/h14-15H,9-13H2,1-8H3,(H,22,24);14-15H,9-13H2,1-8H3,(H,22,26). The Labute approximate surface area is 355 Å². The van der Waals surface area contributed by atoms with Crippen LogP contribution in [0.1, 0.15) is 109 Å². The molecule has 0 aliphatic carbocycles. The minimum Gasteiger partial charge on any atom is -0.466 e. The van der Waals surface area contributed by atoms with E-state index in [0.29, 0.717) is 13.1 Å². The van der Waals surface area contributed by atoms with Crippen LogP contribution in [0.25, 0.3) is 10.4 Å². The van der Waals surface area contributed by atoms with E-state index in [-0.39, 0.29) is 82.0 Å². The molecule has 0 saturated heterocycles. The number of halogens is 1. The van der Waals surface area contributed by atoms with Crippen LogP contribution in [0.15, 0.2) is 5.11 Å². The molecule has 0 aromatic heterocycles. The molecule has 0 heterocycles. The number of hydrogen-bond acceptors (Lipinski definition) is 13. The minimum atomic E-state index is -1.59. The topological polar surface area (TPSA) is 219 Å². The normalized spacial score (nSPS) is 14.8. The molecule has 0 fully saturated rings. The average molecular weight is 893 g/mol. The number of likely N-dealkylation sites (N-methyl/N-ethyl adjacent to an activating group) is 2. The first kappa shape index (κ1) is 56.6. The van der Waals surface area contributed by atoms with Gasteiger partial charge in [0.2, 0.25) is 11.8 Å². The molecule has 0 aromatic rings. The number of azide groups is 1. The fraction of sp³-hybridized carbons (Fsp3) is 0.850. The lowest BCUT2D eigenvalue weighted by molar-refractivity contribution is -0.156. The van der Waals surface area contributed by atoms with Crippen molar-refractivity contribution in [2.75, 3.05) is 67.7 Å². The van der Waals surface area contributed by atoms with Gasteiger partial charge in [-0.1, -0.05) is 21.0 Å². The summed E-state index contributed by atoms with van der Waals surface area (Å²) in [7, 11) is 7.46. The van der Waals surface area contributed by atoms with Crippen LogP contribution >= 0.6 is 15.9 Å². The fourth-order valence-corrected chi connectivity index (χ4v) is 6.11. The summed E-state index contributed by atoms with van der Waals surface area (Å²) in [5, 5.41) is 9.36. The summed E-state index contributed by atoms with van der Waals surface area (Å²) in [6.07, 6.45) is 0.483. The van der Waals surface area contributed by atoms with E-state index in [1.165, 1.54) is 6.92 Å². The van der Waals surface area contributed by atoms with Crippen LogP contribution in [0.3, 0.4) is 0 Å². The molecule has 2 N–H and O–H groups in total. The van der Waals surface area contributed by atoms with Crippen LogP contribution in [0, 0.1) is 22.7 Å². The monoisotopic (exact) mass is 891 g/mol. The third-order valence-corrected chi connectivity index (χ3v) is 9.37. The van der Waals surface area contributed by atoms with E-state index in [0.717, 1.165) is 0 Å². The van der Waals surface area contributed by atoms with Gasteiger partial charge in [0.1, 0.15) is 23.1 Å². The molecule has 0 aliphatic rings. The highest BCUT2D eigenvalue weighted by Crippen LogP contribution is 2.36. The summed E-state index contributed by atoms with van der Waals surface area (Å²) < 4.78 is 19.8. The van der Waals surface area contributed by atoms with Gasteiger partial charge in [0, 0.05) is 41.9 Å². The number of nitrogens with zero attached hydrogens (tertiary/aromatic N) is 5. The number of alkyl halides is 1. The fourth-order valence-electron chi connectivity index (χ4n) is 5.61. The quantitative estimate of drug-likeness (QED) is 0.0293. The van der Waals surface area contributed by atoms with Gasteiger partial charge in [-0.3, -0.25) is 28.8 Å². The highest BCUT2D eigenvalue weighted by molar-refractivity contribution is 9.10. The Morgan fingerprint density at radius 3 is 1.31 bits per heavy atom. The van der Waals surface area contributed by atoms with Crippen LogP contribution in [0.5, 0.6) is 0 Å². The van der Waals surface area contributed by atoms with Crippen molar-refractivity contribution in [3.8, 4) is 0 Å². The lowest BCUT2D eigenvalue weighted by Gasteiger charge is -2.32. The van der Waals surface area contributed by atoms with Gasteiger partial charge in [-0.2, -0.15) is 0 Å². The van der Waals surface area contributed by atoms with E-state index in [4.69, 9.17) is 24.5 Å². The van der Waals surface area contributed by atoms with Gasteiger partial charge in [0.05, 0.1) is 24.0 Å². The lowest BCUT2D eigenvalue weighted by atomic mass is 9.77. The molecular formula is C40H74BrN7O10. The molecule has 2 amide bonds. The van der Waals surface area contributed by atoms with Gasteiger partial charge in [-0.05, 0) is 142 Å². The van der Waals surface area contributed by atoms with Gasteiger partial charge < -0.3 is 39.4 Å². The number of nitrogens with one attached hydrogen (secondary N) is 2. The molecule has 0 aromatic carbocycles. The minimum absolute atomic E-state index is 0.0469. The zero-order chi connectivity index (χ0) is 45.7. The molecule has 18 heteroatoms. The van der Waals surface area contributed by atoms with Crippen LogP contribution < -0.4 is 10.6 Å². The average Bonchev–Trinajstić information content (AvgIpc) is 3.07. The molecule has 0 rings (SSSR count). The summed E-state index contributed by atoms with van der Waals surface area (Å²) in [4.78, 5) is 82.0. The zero-order valence-corrected chi connectivity index (χ0v) is 39.7. The second-order valence-electron chi connectivity index (χ2n) is 17.3. The third kappa shape index (κ3) is 22.6. The number of amides is 2. The summed E-state index contributed by atoms with van der Waals surface area (Å²) in [6.45, 7) is 22.8. The van der Waals surface area contributed by atoms with Gasteiger partial charge in [-0.15, -0.1) is 0 Å². The van der Waals surface area contributed by atoms with Crippen molar-refractivity contribution in [3.05, 3.63) is 10.4 Å². The molecule has 4 atom stereocenters. The number of hydrogen-bond donors (Lipinski definition) is 2. The second kappa shape index (κ2) is 26.6. The van der Waals surface area contributed by atoms with Crippen molar-refractivity contribution in [1.29, 1.82) is 0 Å². The SMILES string of the molecule is CCOC(=O)C(C)(C)CC(CC(C)(Br)C(=O)OCCN(C)C)C(=O)NC(C)C.CCOC(=O)C(C)(C)CC(CC(C)(N=[N+]=[N-])C(=O)OCCN(C)C)C(=O)NC(C)C. The predicted octanol–water partition coefficient (Wildman–Crippen LogP) is 5.43. The first-order valence-corrected chi connectivity index (χ1v) is 20.6. The van der Waals surface area contributed by atoms with Crippen molar-refractivity contribution in [2.24, 2.45) is 27.8 Å². The summed E-state index contributed by atoms with van der Waals surface area (Å²) >= 11 is 3.44. The van der Waals surface area contributed by atoms with Crippen LogP contribution in [-0.2, 0) is 47.7 Å². The maximum absolute atomic E-state index is 12.9. The third-order valence-electron chi connectivity index (χ3n) is 8.72. The maximum Gasteiger partial charge on any atom is 0.322 e. The molecule has 0 radical (unpaired) electrons. The molecule has 0 saturated carbocycles. The van der Waals surface area contributed by atoms with Crippen molar-refractivity contribution >= 4 is 51.6 Å². The van der Waals surface area contributed by atoms with Gasteiger partial charge in [0.25, 0.3) is 0 Å². The summed E-state index contributed by atoms with van der Waals surface area (Å²) in [5.41, 5.74) is 5.60. The molecule has 0 spiro atoms. The van der Waals surface area contributed by atoms with E-state index < -0.39 is 50.4 Å². The number of rotatable bonds is 25. The van der Waals surface area contributed by atoms with Crippen molar-refractivity contribution in [3.63, 3.8) is 0 Å². The smallest absolute Gasteiger partial charge is 0.322 e. The van der Waals surface area contributed by atoms with Gasteiger partial charge in [-0.25, -0.2) is 0 Å². The predicted molar refractivity (Wildman–Crippen MR) is 227 cm³/mol. The first-order valence-electron chi connectivity index (χ1n) is 19.9. The van der Waals surface area contributed by atoms with E-state index in [1.54, 1.807) is 48.5 Å². The Bertz CT molecular complexity index is 1380. The molecule has 0 bridgehead atoms. The van der Waals surface area contributed by atoms with Crippen LogP contribution in [0.4, 0.5) is 0 Å². The largest absolute Gasteiger partial charge is 0.466 e. The van der Waals surface area contributed by atoms with Crippen molar-refractivity contribution in [1.82, 2.24) is 20.4 Å². The van der Waals surface area contributed by atoms with Crippen molar-refractivity contribution in [2.45, 2.75) is 131 Å². The number of ether oxygens (including phenoxy) is 4. The Morgan fingerprint density at radius 2 is 0.983 bits per heavy atom. The maximum atomic E-state index is 12.9. The Hall–Kier alpha value is -3.47. The Morgan fingerprint density at radius 1 is 0.621 bits per heavy atom.